The maximum Gasteiger partial charge on any atom is 0.0788 e. The number of aromatic nitrogens is 2. The average molecular weight is 617 g/mol. The lowest BCUT2D eigenvalue weighted by molar-refractivity contribution is 1.12. The Morgan fingerprint density at radius 1 is 0.340 bits per heavy atom. The van der Waals surface area contributed by atoms with E-state index in [1.165, 1.54) is 53.5 Å². The standard InChI is InChI=1S/C44H32N2Si/c1-5-15-34(16-6-1)45-32-31-33-25-30-41-40-23-13-14-24-42(40)46(44(41)43(33)45)35-26-28-39(29-27-35)47(36-17-7-2-8-18-36,37-19-9-3-10-20-37)38-21-11-4-12-22-38/h1-32H/q-1. The monoisotopic (exact) mass is 616 g/mol. The fourth-order valence-electron chi connectivity index (χ4n) is 7.67. The van der Waals surface area contributed by atoms with Crippen molar-refractivity contribution in [3.05, 3.63) is 194 Å². The van der Waals surface area contributed by atoms with Crippen LogP contribution in [0.15, 0.2) is 194 Å². The Labute approximate surface area is 275 Å². The highest BCUT2D eigenvalue weighted by molar-refractivity contribution is 7.19. The zero-order valence-corrected chi connectivity index (χ0v) is 26.9. The molecule has 0 bridgehead atoms. The van der Waals surface area contributed by atoms with Crippen molar-refractivity contribution >= 4 is 61.5 Å². The molecule has 0 spiro atoms. The summed E-state index contributed by atoms with van der Waals surface area (Å²) in [5.41, 5.74) is 5.97. The molecule has 0 atom stereocenters. The highest BCUT2D eigenvalue weighted by Gasteiger charge is 2.28. The smallest absolute Gasteiger partial charge is 0.0788 e. The Hall–Kier alpha value is -5.90. The number of rotatable bonds is 6. The van der Waals surface area contributed by atoms with Crippen molar-refractivity contribution in [2.75, 3.05) is 0 Å². The molecule has 223 valence electrons. The summed E-state index contributed by atoms with van der Waals surface area (Å²) in [6.07, 6.45) is 2.20. The SMILES string of the molecule is c1ccc(-n2ccc3ccc4c5ccccc5n(-c5ccc([Si-](c6ccccc6)(c6ccccc6)c6ccccc6)cc5)c4c32)cc1. The van der Waals surface area contributed by atoms with Gasteiger partial charge < -0.3 is 9.13 Å². The largest absolute Gasteiger partial charge is 0.315 e. The van der Waals surface area contributed by atoms with Gasteiger partial charge in [-0.25, -0.2) is 0 Å². The highest BCUT2D eigenvalue weighted by Crippen LogP contribution is 2.37. The van der Waals surface area contributed by atoms with Gasteiger partial charge in [0, 0.05) is 33.7 Å². The lowest BCUT2D eigenvalue weighted by Gasteiger charge is -2.47. The van der Waals surface area contributed by atoms with Gasteiger partial charge in [-0.15, -0.1) is 0 Å². The molecule has 7 aromatic carbocycles. The number of nitrogens with zero attached hydrogens (tertiary/aromatic N) is 2. The number of fused-ring (bicyclic) bond motifs is 5. The quantitative estimate of drug-likeness (QED) is 0.132. The Morgan fingerprint density at radius 2 is 0.851 bits per heavy atom. The van der Waals surface area contributed by atoms with Crippen LogP contribution in [-0.2, 0) is 0 Å². The molecule has 0 amide bonds. The van der Waals surface area contributed by atoms with Crippen LogP contribution in [-0.4, -0.2) is 17.2 Å². The van der Waals surface area contributed by atoms with E-state index in [0.29, 0.717) is 0 Å². The maximum absolute atomic E-state index is 2.61. The molecular weight excluding hydrogens is 585 g/mol. The van der Waals surface area contributed by atoms with E-state index in [1.807, 2.05) is 0 Å². The van der Waals surface area contributed by atoms with Gasteiger partial charge in [-0.3, -0.25) is 0 Å². The van der Waals surface area contributed by atoms with Crippen LogP contribution in [0.4, 0.5) is 0 Å². The molecule has 3 heteroatoms. The second kappa shape index (κ2) is 11.2. The van der Waals surface area contributed by atoms with E-state index in [4.69, 9.17) is 0 Å². The van der Waals surface area contributed by atoms with E-state index < -0.39 is 8.07 Å². The second-order valence-electron chi connectivity index (χ2n) is 12.2. The molecule has 0 aliphatic carbocycles. The molecule has 9 aromatic rings. The van der Waals surface area contributed by atoms with E-state index in [2.05, 4.69) is 203 Å². The second-order valence-corrected chi connectivity index (χ2v) is 16.0. The van der Waals surface area contributed by atoms with Crippen molar-refractivity contribution in [3.63, 3.8) is 0 Å². The third-order valence-corrected chi connectivity index (χ3v) is 14.5. The minimum absolute atomic E-state index is 1.16. The fraction of sp³-hybridized carbons (Fsp3) is 0. The Morgan fingerprint density at radius 3 is 1.45 bits per heavy atom. The molecule has 0 saturated heterocycles. The van der Waals surface area contributed by atoms with Crippen LogP contribution in [0.2, 0.25) is 0 Å². The van der Waals surface area contributed by atoms with Crippen LogP contribution >= 0.6 is 0 Å². The van der Waals surface area contributed by atoms with Gasteiger partial charge in [0.05, 0.1) is 16.6 Å². The summed E-state index contributed by atoms with van der Waals surface area (Å²) >= 11 is 0. The van der Waals surface area contributed by atoms with Crippen LogP contribution in [0.5, 0.6) is 0 Å². The van der Waals surface area contributed by atoms with Crippen molar-refractivity contribution in [1.82, 2.24) is 9.13 Å². The molecule has 0 aliphatic heterocycles. The zero-order chi connectivity index (χ0) is 31.2. The van der Waals surface area contributed by atoms with Crippen LogP contribution < -0.4 is 20.7 Å². The molecule has 0 fully saturated rings. The highest BCUT2D eigenvalue weighted by atomic mass is 28.3. The molecule has 0 saturated carbocycles. The summed E-state index contributed by atoms with van der Waals surface area (Å²) in [4.78, 5) is 0. The van der Waals surface area contributed by atoms with Crippen LogP contribution in [0.1, 0.15) is 0 Å². The van der Waals surface area contributed by atoms with E-state index in [1.54, 1.807) is 0 Å². The number of hydrogen-bond acceptors (Lipinski definition) is 0. The minimum Gasteiger partial charge on any atom is -0.315 e. The van der Waals surface area contributed by atoms with Crippen molar-refractivity contribution in [1.29, 1.82) is 0 Å². The van der Waals surface area contributed by atoms with Crippen molar-refractivity contribution in [3.8, 4) is 11.4 Å². The minimum atomic E-state index is -2.61. The van der Waals surface area contributed by atoms with Gasteiger partial charge in [-0.2, -0.15) is 20.7 Å². The van der Waals surface area contributed by atoms with Crippen LogP contribution in [0.3, 0.4) is 0 Å². The predicted octanol–water partition coefficient (Wildman–Crippen LogP) is 8.11. The molecule has 0 unspecified atom stereocenters. The molecule has 0 aliphatic rings. The normalized spacial score (nSPS) is 11.8. The van der Waals surface area contributed by atoms with Crippen LogP contribution in [0, 0.1) is 0 Å². The molecule has 0 radical (unpaired) electrons. The first-order chi connectivity index (χ1) is 23.3. The predicted molar refractivity (Wildman–Crippen MR) is 201 cm³/mol. The van der Waals surface area contributed by atoms with E-state index in [9.17, 15) is 0 Å². The van der Waals surface area contributed by atoms with E-state index in [0.717, 1.165) is 11.4 Å². The Balaban J connectivity index is 1.33. The van der Waals surface area contributed by atoms with Gasteiger partial charge in [0.25, 0.3) is 0 Å². The summed E-state index contributed by atoms with van der Waals surface area (Å²) in [5.74, 6) is 0. The zero-order valence-electron chi connectivity index (χ0n) is 25.9. The third-order valence-electron chi connectivity index (χ3n) is 9.70. The fourth-order valence-corrected chi connectivity index (χ4v) is 12.4. The molecule has 2 nitrogen and oxygen atoms in total. The number of benzene rings is 7. The van der Waals surface area contributed by atoms with Crippen LogP contribution in [0.25, 0.3) is 44.1 Å². The first-order valence-electron chi connectivity index (χ1n) is 16.2. The molecule has 2 heterocycles. The summed E-state index contributed by atoms with van der Waals surface area (Å²) in [5, 5.41) is 9.25. The third kappa shape index (κ3) is 4.24. The Kier molecular flexibility index (Phi) is 6.51. The van der Waals surface area contributed by atoms with Crippen molar-refractivity contribution < 1.29 is 0 Å². The van der Waals surface area contributed by atoms with Crippen molar-refractivity contribution in [2.45, 2.75) is 0 Å². The lowest BCUT2D eigenvalue weighted by Crippen LogP contribution is -2.74. The average Bonchev–Trinajstić information content (AvgIpc) is 3.74. The van der Waals surface area contributed by atoms with Gasteiger partial charge >= 0.3 is 0 Å². The molecule has 9 rings (SSSR count). The van der Waals surface area contributed by atoms with E-state index in [-0.39, 0.29) is 0 Å². The van der Waals surface area contributed by atoms with Gasteiger partial charge in [0.15, 0.2) is 0 Å². The summed E-state index contributed by atoms with van der Waals surface area (Å²) < 4.78 is 4.80. The maximum atomic E-state index is 2.47. The first kappa shape index (κ1) is 27.4. The van der Waals surface area contributed by atoms with E-state index >= 15 is 0 Å². The van der Waals surface area contributed by atoms with Gasteiger partial charge in [0.2, 0.25) is 0 Å². The number of para-hydroxylation sites is 2. The molecule has 0 N–H and O–H groups in total. The van der Waals surface area contributed by atoms with Gasteiger partial charge in [0.1, 0.15) is 0 Å². The first-order valence-corrected chi connectivity index (χ1v) is 18.2. The summed E-state index contributed by atoms with van der Waals surface area (Å²) in [6, 6.07) is 69.1. The number of hydrogen-bond donors (Lipinski definition) is 0. The summed E-state index contributed by atoms with van der Waals surface area (Å²) in [6.45, 7) is 0. The lowest BCUT2D eigenvalue weighted by atomic mass is 10.1. The summed E-state index contributed by atoms with van der Waals surface area (Å²) in [7, 11) is -2.61. The Bertz CT molecular complexity index is 2380. The van der Waals surface area contributed by atoms with Gasteiger partial charge in [-0.1, -0.05) is 152 Å². The topological polar surface area (TPSA) is 9.86 Å². The van der Waals surface area contributed by atoms with Gasteiger partial charge in [-0.05, 0) is 44.5 Å². The molecule has 47 heavy (non-hydrogen) atoms. The molecular formula is C44H32N2Si-. The van der Waals surface area contributed by atoms with Crippen molar-refractivity contribution in [2.24, 2.45) is 0 Å². The molecule has 2 aromatic heterocycles.